The Morgan fingerprint density at radius 1 is 1.15 bits per heavy atom. The van der Waals surface area contributed by atoms with E-state index in [0.717, 1.165) is 24.4 Å². The molecule has 1 heterocycles. The average molecular weight is 503 g/mol. The fraction of sp³-hybridized carbons (Fsp3) is 0.389. The predicted octanol–water partition coefficient (Wildman–Crippen LogP) is 2.43. The van der Waals surface area contributed by atoms with Gasteiger partial charge in [-0.1, -0.05) is 18.2 Å². The van der Waals surface area contributed by atoms with Crippen LogP contribution in [0.25, 0.3) is 0 Å². The van der Waals surface area contributed by atoms with Crippen LogP contribution in [0, 0.1) is 6.92 Å². The molecule has 0 saturated heterocycles. The van der Waals surface area contributed by atoms with Gasteiger partial charge in [0.15, 0.2) is 5.96 Å². The summed E-state index contributed by atoms with van der Waals surface area (Å²) < 4.78 is 5.64. The van der Waals surface area contributed by atoms with Crippen LogP contribution in [0.5, 0.6) is 5.75 Å². The Morgan fingerprint density at radius 3 is 2.52 bits per heavy atom. The van der Waals surface area contributed by atoms with Gasteiger partial charge in [0.2, 0.25) is 0 Å². The molecule has 1 aromatic heterocycles. The Kier molecular flexibility index (Phi) is 11.4. The molecule has 1 aromatic carbocycles. The van der Waals surface area contributed by atoms with Crippen molar-refractivity contribution in [1.29, 1.82) is 0 Å². The minimum absolute atomic E-state index is 0. The van der Waals surface area contributed by atoms with Crippen molar-refractivity contribution in [2.24, 2.45) is 4.99 Å². The van der Waals surface area contributed by atoms with Crippen LogP contribution in [0.1, 0.15) is 21.8 Å². The number of ether oxygens (including phenoxy) is 1. The van der Waals surface area contributed by atoms with E-state index in [0.29, 0.717) is 30.5 Å². The zero-order chi connectivity index (χ0) is 18.6. The molecule has 9 heteroatoms. The lowest BCUT2D eigenvalue weighted by Crippen LogP contribution is -2.42. The van der Waals surface area contributed by atoms with Gasteiger partial charge < -0.3 is 20.7 Å². The molecule has 27 heavy (non-hydrogen) atoms. The van der Waals surface area contributed by atoms with E-state index in [1.165, 1.54) is 11.3 Å². The molecule has 7 nitrogen and oxygen atoms in total. The standard InChI is InChI=1S/C18H25N5O2S.HI/c1-14-16(26-13-23-14)17(24)20-10-11-22-18(19-2)21-9-6-12-25-15-7-4-3-5-8-15;/h3-5,7-8,13H,6,9-12H2,1-2H3,(H,20,24)(H2,19,21,22);1H. The first-order valence-corrected chi connectivity index (χ1v) is 9.39. The zero-order valence-electron chi connectivity index (χ0n) is 15.5. The number of carbonyl (C=O) groups excluding carboxylic acids is 1. The molecular formula is C18H26IN5O2S. The summed E-state index contributed by atoms with van der Waals surface area (Å²) in [6.07, 6.45) is 0.858. The van der Waals surface area contributed by atoms with Crippen molar-refractivity contribution >= 4 is 47.2 Å². The molecule has 0 aliphatic rings. The van der Waals surface area contributed by atoms with E-state index in [-0.39, 0.29) is 29.9 Å². The number of guanidine groups is 1. The summed E-state index contributed by atoms with van der Waals surface area (Å²) in [6, 6.07) is 9.75. The van der Waals surface area contributed by atoms with Gasteiger partial charge in [0, 0.05) is 26.7 Å². The van der Waals surface area contributed by atoms with Gasteiger partial charge in [-0.2, -0.15) is 0 Å². The Morgan fingerprint density at radius 2 is 1.85 bits per heavy atom. The molecule has 0 aliphatic heterocycles. The minimum atomic E-state index is -0.0900. The third-order valence-electron chi connectivity index (χ3n) is 3.50. The van der Waals surface area contributed by atoms with Crippen LogP contribution in [-0.4, -0.2) is 50.1 Å². The number of rotatable bonds is 9. The molecule has 0 fully saturated rings. The first-order valence-electron chi connectivity index (χ1n) is 8.51. The molecule has 0 aliphatic carbocycles. The Balaban J connectivity index is 0.00000364. The van der Waals surface area contributed by atoms with Gasteiger partial charge in [0.1, 0.15) is 10.6 Å². The second kappa shape index (κ2) is 13.3. The lowest BCUT2D eigenvalue weighted by Gasteiger charge is -2.12. The molecular weight excluding hydrogens is 477 g/mol. The van der Waals surface area contributed by atoms with Crippen LogP contribution in [0.15, 0.2) is 40.8 Å². The molecule has 0 spiro atoms. The summed E-state index contributed by atoms with van der Waals surface area (Å²) in [5.41, 5.74) is 2.44. The number of aryl methyl sites for hydroxylation is 1. The number of nitrogens with one attached hydrogen (secondary N) is 3. The van der Waals surface area contributed by atoms with Crippen molar-refractivity contribution in [2.45, 2.75) is 13.3 Å². The van der Waals surface area contributed by atoms with Crippen LogP contribution < -0.4 is 20.7 Å². The number of para-hydroxylation sites is 1. The lowest BCUT2D eigenvalue weighted by atomic mass is 10.3. The summed E-state index contributed by atoms with van der Waals surface area (Å²) in [4.78, 5) is 20.9. The average Bonchev–Trinajstić information content (AvgIpc) is 3.10. The van der Waals surface area contributed by atoms with E-state index in [2.05, 4.69) is 25.9 Å². The van der Waals surface area contributed by atoms with Crippen molar-refractivity contribution in [1.82, 2.24) is 20.9 Å². The summed E-state index contributed by atoms with van der Waals surface area (Å²) in [7, 11) is 1.72. The molecule has 0 bridgehead atoms. The maximum Gasteiger partial charge on any atom is 0.263 e. The number of aliphatic imine (C=N–C) groups is 1. The molecule has 3 N–H and O–H groups in total. The Hall–Kier alpha value is -1.88. The van der Waals surface area contributed by atoms with Gasteiger partial charge in [0.25, 0.3) is 5.91 Å². The van der Waals surface area contributed by atoms with E-state index >= 15 is 0 Å². The van der Waals surface area contributed by atoms with E-state index in [9.17, 15) is 4.79 Å². The van der Waals surface area contributed by atoms with Gasteiger partial charge in [-0.3, -0.25) is 9.79 Å². The third kappa shape index (κ3) is 8.57. The number of nitrogens with zero attached hydrogens (tertiary/aromatic N) is 2. The SMILES string of the molecule is CN=C(NCCCOc1ccccc1)NCCNC(=O)c1scnc1C.I. The smallest absolute Gasteiger partial charge is 0.263 e. The molecule has 148 valence electrons. The fourth-order valence-corrected chi connectivity index (χ4v) is 2.88. The normalized spacial score (nSPS) is 10.7. The van der Waals surface area contributed by atoms with Gasteiger partial charge in [-0.05, 0) is 25.5 Å². The number of hydrogen-bond donors (Lipinski definition) is 3. The number of aromatic nitrogens is 1. The largest absolute Gasteiger partial charge is 0.494 e. The maximum atomic E-state index is 12.0. The molecule has 0 unspecified atom stereocenters. The quantitative estimate of drug-likeness (QED) is 0.212. The molecule has 1 amide bonds. The van der Waals surface area contributed by atoms with Crippen molar-refractivity contribution in [3.05, 3.63) is 46.4 Å². The summed E-state index contributed by atoms with van der Waals surface area (Å²) in [6.45, 7) is 4.31. The first kappa shape index (κ1) is 23.2. The highest BCUT2D eigenvalue weighted by Gasteiger charge is 2.10. The maximum absolute atomic E-state index is 12.0. The summed E-state index contributed by atoms with van der Waals surface area (Å²) in [5.74, 6) is 1.49. The second-order valence-corrected chi connectivity index (χ2v) is 6.32. The highest BCUT2D eigenvalue weighted by molar-refractivity contribution is 14.0. The molecule has 2 aromatic rings. The minimum Gasteiger partial charge on any atom is -0.494 e. The second-order valence-electron chi connectivity index (χ2n) is 5.46. The van der Waals surface area contributed by atoms with Gasteiger partial charge in [-0.15, -0.1) is 35.3 Å². The summed E-state index contributed by atoms with van der Waals surface area (Å²) in [5, 5.41) is 9.25. The van der Waals surface area contributed by atoms with Gasteiger partial charge in [-0.25, -0.2) is 4.98 Å². The van der Waals surface area contributed by atoms with Crippen LogP contribution in [0.2, 0.25) is 0 Å². The van der Waals surface area contributed by atoms with E-state index in [4.69, 9.17) is 4.74 Å². The molecule has 0 saturated carbocycles. The van der Waals surface area contributed by atoms with Crippen LogP contribution >= 0.6 is 35.3 Å². The van der Waals surface area contributed by atoms with Gasteiger partial charge >= 0.3 is 0 Å². The van der Waals surface area contributed by atoms with Crippen molar-refractivity contribution < 1.29 is 9.53 Å². The number of benzene rings is 1. The van der Waals surface area contributed by atoms with Crippen LogP contribution in [0.3, 0.4) is 0 Å². The van der Waals surface area contributed by atoms with E-state index < -0.39 is 0 Å². The van der Waals surface area contributed by atoms with E-state index in [1.54, 1.807) is 12.6 Å². The Bertz CT molecular complexity index is 709. The number of hydrogen-bond acceptors (Lipinski definition) is 5. The highest BCUT2D eigenvalue weighted by atomic mass is 127. The molecule has 0 radical (unpaired) electrons. The fourth-order valence-electron chi connectivity index (χ4n) is 2.16. The van der Waals surface area contributed by atoms with Crippen molar-refractivity contribution in [3.8, 4) is 5.75 Å². The number of halogens is 1. The predicted molar refractivity (Wildman–Crippen MR) is 121 cm³/mol. The molecule has 2 rings (SSSR count). The number of carbonyl (C=O) groups is 1. The van der Waals surface area contributed by atoms with Crippen molar-refractivity contribution in [3.63, 3.8) is 0 Å². The highest BCUT2D eigenvalue weighted by Crippen LogP contribution is 2.11. The van der Waals surface area contributed by atoms with Crippen LogP contribution in [0.4, 0.5) is 0 Å². The number of thiazole rings is 1. The monoisotopic (exact) mass is 503 g/mol. The lowest BCUT2D eigenvalue weighted by molar-refractivity contribution is 0.0957. The third-order valence-corrected chi connectivity index (χ3v) is 4.43. The zero-order valence-corrected chi connectivity index (χ0v) is 18.7. The summed E-state index contributed by atoms with van der Waals surface area (Å²) >= 11 is 1.35. The Labute approximate surface area is 181 Å². The van der Waals surface area contributed by atoms with Crippen LogP contribution in [-0.2, 0) is 0 Å². The van der Waals surface area contributed by atoms with E-state index in [1.807, 2.05) is 37.3 Å². The first-order chi connectivity index (χ1) is 12.7. The number of amides is 1. The topological polar surface area (TPSA) is 87.6 Å². The van der Waals surface area contributed by atoms with Gasteiger partial charge in [0.05, 0.1) is 17.8 Å². The molecule has 0 atom stereocenters. The van der Waals surface area contributed by atoms with Crippen molar-refractivity contribution in [2.75, 3.05) is 33.3 Å².